The minimum atomic E-state index is -3.97. The van der Waals surface area contributed by atoms with E-state index in [1.54, 1.807) is 6.07 Å². The number of hydrogen-bond acceptors (Lipinski definition) is 2. The maximum absolute atomic E-state index is 13.9. The van der Waals surface area contributed by atoms with Gasteiger partial charge in [0.2, 0.25) is 15.9 Å². The Morgan fingerprint density at radius 2 is 1.91 bits per heavy atom. The topological polar surface area (TPSA) is 62.0 Å². The largest absolute Gasteiger partial charge is 0.360 e. The summed E-state index contributed by atoms with van der Waals surface area (Å²) in [5.74, 6) is -3.37. The summed E-state index contributed by atoms with van der Waals surface area (Å²) in [4.78, 5) is 2.51. The van der Waals surface area contributed by atoms with E-state index in [2.05, 4.69) is 9.71 Å². The van der Waals surface area contributed by atoms with Crippen molar-refractivity contribution in [2.45, 2.75) is 42.5 Å². The Bertz CT molecular complexity index is 792. The first-order valence-corrected chi connectivity index (χ1v) is 8.43. The number of H-pyrrole nitrogens is 1. The van der Waals surface area contributed by atoms with Crippen LogP contribution in [0.15, 0.2) is 29.3 Å². The van der Waals surface area contributed by atoms with Crippen LogP contribution < -0.4 is 4.72 Å². The van der Waals surface area contributed by atoms with Gasteiger partial charge in [-0.1, -0.05) is 6.07 Å². The van der Waals surface area contributed by atoms with Gasteiger partial charge >= 0.3 is 0 Å². The number of sulfonamides is 1. The van der Waals surface area contributed by atoms with Crippen LogP contribution in [0, 0.1) is 5.82 Å². The van der Waals surface area contributed by atoms with Gasteiger partial charge in [-0.25, -0.2) is 26.3 Å². The van der Waals surface area contributed by atoms with Crippen molar-refractivity contribution in [1.82, 2.24) is 9.71 Å². The first-order chi connectivity index (χ1) is 10.3. The fourth-order valence-electron chi connectivity index (χ4n) is 2.76. The van der Waals surface area contributed by atoms with E-state index in [0.717, 1.165) is 0 Å². The van der Waals surface area contributed by atoms with Gasteiger partial charge in [0, 0.05) is 30.6 Å². The lowest BCUT2D eigenvalue weighted by Crippen LogP contribution is -2.40. The van der Waals surface area contributed by atoms with E-state index in [9.17, 15) is 21.6 Å². The molecule has 0 spiro atoms. The second-order valence-electron chi connectivity index (χ2n) is 5.57. The van der Waals surface area contributed by atoms with Crippen LogP contribution in [0.5, 0.6) is 0 Å². The number of rotatable bonds is 3. The Labute approximate surface area is 125 Å². The number of halogens is 3. The molecule has 4 nitrogen and oxygen atoms in total. The number of aromatic amines is 1. The minimum Gasteiger partial charge on any atom is -0.360 e. The van der Waals surface area contributed by atoms with Crippen LogP contribution in [0.3, 0.4) is 0 Å². The van der Waals surface area contributed by atoms with Crippen LogP contribution >= 0.6 is 0 Å². The highest BCUT2D eigenvalue weighted by molar-refractivity contribution is 7.89. The molecule has 120 valence electrons. The first-order valence-electron chi connectivity index (χ1n) is 6.94. The number of hydrogen-bond donors (Lipinski definition) is 2. The Morgan fingerprint density at radius 1 is 1.23 bits per heavy atom. The van der Waals surface area contributed by atoms with Crippen molar-refractivity contribution in [3.05, 3.63) is 30.2 Å². The van der Waals surface area contributed by atoms with Crippen LogP contribution in [-0.4, -0.2) is 25.4 Å². The lowest BCUT2D eigenvalue weighted by atomic mass is 9.93. The fraction of sp³-hybridized carbons (Fsp3) is 0.429. The Balaban J connectivity index is 1.87. The number of alkyl halides is 2. The fourth-order valence-corrected chi connectivity index (χ4v) is 4.25. The predicted molar refractivity (Wildman–Crippen MR) is 75.8 cm³/mol. The van der Waals surface area contributed by atoms with Gasteiger partial charge in [-0.05, 0) is 25.0 Å². The van der Waals surface area contributed by atoms with Gasteiger partial charge in [-0.2, -0.15) is 0 Å². The molecule has 1 aliphatic rings. The van der Waals surface area contributed by atoms with Gasteiger partial charge in [0.05, 0.1) is 5.39 Å². The summed E-state index contributed by atoms with van der Waals surface area (Å²) < 4.78 is 67.3. The van der Waals surface area contributed by atoms with Crippen LogP contribution in [0.25, 0.3) is 10.9 Å². The molecule has 2 N–H and O–H groups in total. The molecule has 0 radical (unpaired) electrons. The lowest BCUT2D eigenvalue weighted by Gasteiger charge is -2.28. The normalized spacial score (nSPS) is 19.6. The monoisotopic (exact) mass is 332 g/mol. The van der Waals surface area contributed by atoms with Gasteiger partial charge in [0.25, 0.3) is 0 Å². The quantitative estimate of drug-likeness (QED) is 0.907. The third kappa shape index (κ3) is 2.85. The molecule has 0 aliphatic heterocycles. The van der Waals surface area contributed by atoms with E-state index in [1.807, 2.05) is 0 Å². The van der Waals surface area contributed by atoms with Crippen molar-refractivity contribution in [1.29, 1.82) is 0 Å². The highest BCUT2D eigenvalue weighted by Crippen LogP contribution is 2.34. The molecular formula is C14H15F3N2O2S. The standard InChI is InChI=1S/C14H15F3N2O2S/c15-10-2-1-3-11-13(10)12(8-18-11)22(20,21)19-9-4-6-14(16,17)7-5-9/h1-3,8-9,18-19H,4-7H2. The van der Waals surface area contributed by atoms with Gasteiger partial charge in [-0.3, -0.25) is 0 Å². The summed E-state index contributed by atoms with van der Waals surface area (Å²) >= 11 is 0. The summed E-state index contributed by atoms with van der Waals surface area (Å²) in [5, 5.41) is -0.0175. The maximum atomic E-state index is 13.9. The van der Waals surface area contributed by atoms with Gasteiger partial charge in [0.15, 0.2) is 0 Å². The molecule has 0 saturated heterocycles. The smallest absolute Gasteiger partial charge is 0.248 e. The summed E-state index contributed by atoms with van der Waals surface area (Å²) in [6, 6.07) is 3.66. The van der Waals surface area contributed by atoms with Crippen LogP contribution in [0.2, 0.25) is 0 Å². The maximum Gasteiger partial charge on any atom is 0.248 e. The third-order valence-corrected chi connectivity index (χ3v) is 5.49. The average Bonchev–Trinajstić information content (AvgIpc) is 2.87. The second kappa shape index (κ2) is 5.27. The molecule has 1 heterocycles. The first kappa shape index (κ1) is 15.4. The zero-order valence-electron chi connectivity index (χ0n) is 11.6. The molecule has 0 bridgehead atoms. The van der Waals surface area contributed by atoms with Gasteiger partial charge in [-0.15, -0.1) is 0 Å². The number of benzene rings is 1. The van der Waals surface area contributed by atoms with E-state index < -0.39 is 27.8 Å². The molecule has 0 amide bonds. The molecule has 2 aromatic rings. The highest BCUT2D eigenvalue weighted by atomic mass is 32.2. The average molecular weight is 332 g/mol. The number of aromatic nitrogens is 1. The molecule has 0 atom stereocenters. The van der Waals surface area contributed by atoms with Gasteiger partial charge < -0.3 is 4.98 Å². The molecule has 1 aliphatic carbocycles. The van der Waals surface area contributed by atoms with Crippen molar-refractivity contribution in [3.63, 3.8) is 0 Å². The Morgan fingerprint density at radius 3 is 2.59 bits per heavy atom. The van der Waals surface area contributed by atoms with Crippen molar-refractivity contribution in [3.8, 4) is 0 Å². The van der Waals surface area contributed by atoms with Gasteiger partial charge in [0.1, 0.15) is 10.7 Å². The van der Waals surface area contributed by atoms with Crippen LogP contribution in [-0.2, 0) is 10.0 Å². The molecule has 1 aromatic carbocycles. The zero-order valence-corrected chi connectivity index (χ0v) is 12.4. The van der Waals surface area contributed by atoms with E-state index in [0.29, 0.717) is 5.52 Å². The SMILES string of the molecule is O=S(=O)(NC1CCC(F)(F)CC1)c1c[nH]c2cccc(F)c12. The predicted octanol–water partition coefficient (Wildman–Crippen LogP) is 3.16. The molecule has 1 fully saturated rings. The lowest BCUT2D eigenvalue weighted by molar-refractivity contribution is -0.0387. The third-order valence-electron chi connectivity index (χ3n) is 3.95. The van der Waals surface area contributed by atoms with Crippen molar-refractivity contribution in [2.24, 2.45) is 0 Å². The molecule has 1 saturated carbocycles. The molecular weight excluding hydrogens is 317 g/mol. The van der Waals surface area contributed by atoms with Crippen molar-refractivity contribution >= 4 is 20.9 Å². The second-order valence-corrected chi connectivity index (χ2v) is 7.25. The van der Waals surface area contributed by atoms with Crippen LogP contribution in [0.1, 0.15) is 25.7 Å². The summed E-state index contributed by atoms with van der Waals surface area (Å²) in [6.07, 6.45) is 0.659. The number of nitrogens with one attached hydrogen (secondary N) is 2. The summed E-state index contributed by atoms with van der Waals surface area (Å²) in [7, 11) is -3.97. The summed E-state index contributed by atoms with van der Waals surface area (Å²) in [5.41, 5.74) is 0.371. The molecule has 22 heavy (non-hydrogen) atoms. The minimum absolute atomic E-state index is 0.0175. The van der Waals surface area contributed by atoms with Crippen molar-refractivity contribution < 1.29 is 21.6 Å². The molecule has 8 heteroatoms. The molecule has 0 unspecified atom stereocenters. The zero-order chi connectivity index (χ0) is 16.0. The Kier molecular flexibility index (Phi) is 3.68. The Hall–Kier alpha value is -1.54. The van der Waals surface area contributed by atoms with Crippen LogP contribution in [0.4, 0.5) is 13.2 Å². The van der Waals surface area contributed by atoms with E-state index in [4.69, 9.17) is 0 Å². The number of fused-ring (bicyclic) bond motifs is 1. The summed E-state index contributed by atoms with van der Waals surface area (Å²) in [6.45, 7) is 0. The highest BCUT2D eigenvalue weighted by Gasteiger charge is 2.36. The van der Waals surface area contributed by atoms with E-state index >= 15 is 0 Å². The van der Waals surface area contributed by atoms with Crippen molar-refractivity contribution in [2.75, 3.05) is 0 Å². The van der Waals surface area contributed by atoms with E-state index in [1.165, 1.54) is 18.3 Å². The van der Waals surface area contributed by atoms with E-state index in [-0.39, 0.29) is 36.0 Å². The molecule has 3 rings (SSSR count). The molecule has 1 aromatic heterocycles.